The molecule has 5 aromatic heterocycles. The second-order valence-electron chi connectivity index (χ2n) is 16.4. The van der Waals surface area contributed by atoms with E-state index in [9.17, 15) is 0 Å². The molecule has 10 nitrogen and oxygen atoms in total. The van der Waals surface area contributed by atoms with Crippen molar-refractivity contribution < 1.29 is 0 Å². The minimum Gasteiger partial charge on any atom is -0.292 e. The molecule has 0 atom stereocenters. The van der Waals surface area contributed by atoms with Crippen LogP contribution >= 0.6 is 0 Å². The van der Waals surface area contributed by atoms with Crippen LogP contribution in [0.25, 0.3) is 124 Å². The first-order valence-electron chi connectivity index (χ1n) is 22.4. The van der Waals surface area contributed by atoms with E-state index in [-0.39, 0.29) is 0 Å². The molecule has 0 amide bonds. The zero-order valence-corrected chi connectivity index (χ0v) is 36.3. The predicted octanol–water partition coefficient (Wildman–Crippen LogP) is 13.0. The van der Waals surface area contributed by atoms with Gasteiger partial charge in [0, 0.05) is 55.5 Å². The molecule has 0 aliphatic carbocycles. The lowest BCUT2D eigenvalue weighted by Gasteiger charge is -2.11. The Morgan fingerprint density at radius 3 is 0.794 bits per heavy atom. The van der Waals surface area contributed by atoms with Gasteiger partial charge in [-0.2, -0.15) is 0 Å². The van der Waals surface area contributed by atoms with E-state index in [1.807, 2.05) is 121 Å². The first kappa shape index (κ1) is 38.9. The summed E-state index contributed by atoms with van der Waals surface area (Å²) in [5, 5.41) is 2.03. The van der Waals surface area contributed by atoms with Crippen molar-refractivity contribution >= 4 is 44.1 Å². The Kier molecular flexibility index (Phi) is 9.24. The van der Waals surface area contributed by atoms with Crippen LogP contribution in [-0.4, -0.2) is 49.0 Å². The molecule has 8 aromatic carbocycles. The monoisotopic (exact) mass is 872 g/mol. The second kappa shape index (κ2) is 16.2. The van der Waals surface area contributed by atoms with Crippen molar-refractivity contribution in [2.45, 2.75) is 0 Å². The first-order chi connectivity index (χ1) is 33.7. The number of hydrogen-bond acceptors (Lipinski definition) is 8. The van der Waals surface area contributed by atoms with E-state index in [4.69, 9.17) is 39.9 Å². The fraction of sp³-hybridized carbons (Fsp3) is 0. The largest absolute Gasteiger partial charge is 0.292 e. The number of fused-ring (bicyclic) bond motifs is 6. The molecule has 0 bridgehead atoms. The molecule has 0 radical (unpaired) electrons. The van der Waals surface area contributed by atoms with E-state index in [1.54, 1.807) is 0 Å². The molecular formula is C58H36N10. The molecule has 0 saturated heterocycles. The number of hydrogen-bond donors (Lipinski definition) is 0. The Labute approximate surface area is 389 Å². The summed E-state index contributed by atoms with van der Waals surface area (Å²) in [7, 11) is 0. The second-order valence-corrected chi connectivity index (χ2v) is 16.4. The average molecular weight is 873 g/mol. The highest BCUT2D eigenvalue weighted by molar-refractivity contribution is 6.12. The van der Waals surface area contributed by atoms with Gasteiger partial charge in [0.25, 0.3) is 0 Å². The van der Waals surface area contributed by atoms with Gasteiger partial charge in [-0.1, -0.05) is 158 Å². The van der Waals surface area contributed by atoms with Gasteiger partial charge in [0.05, 0.1) is 11.0 Å². The lowest BCUT2D eigenvalue weighted by atomic mass is 10.1. The molecule has 318 valence electrons. The van der Waals surface area contributed by atoms with Gasteiger partial charge in [-0.05, 0) is 60.7 Å². The topological polar surface area (TPSA) is 113 Å². The smallest absolute Gasteiger partial charge is 0.166 e. The SMILES string of the molecule is c1ccc(-c2nc(-c3ccccc3)nc(-c3ccc(-n4c5ccccc5c5nc6c7ccccc7n(-c7ccc(-c8nc(-c9ccccc9)nc(-c9ccccc9)n8)cc7)c6nc54)cc3)n2)cc1. The van der Waals surface area contributed by atoms with E-state index in [0.717, 1.165) is 88.9 Å². The molecule has 10 heteroatoms. The Morgan fingerprint density at radius 2 is 0.485 bits per heavy atom. The van der Waals surface area contributed by atoms with E-state index in [2.05, 4.69) is 106 Å². The molecule has 0 fully saturated rings. The predicted molar refractivity (Wildman–Crippen MR) is 270 cm³/mol. The number of rotatable bonds is 8. The fourth-order valence-electron chi connectivity index (χ4n) is 8.97. The minimum absolute atomic E-state index is 0.590. The summed E-state index contributed by atoms with van der Waals surface area (Å²) in [6.45, 7) is 0. The van der Waals surface area contributed by atoms with Gasteiger partial charge < -0.3 is 0 Å². The zero-order valence-electron chi connectivity index (χ0n) is 36.3. The minimum atomic E-state index is 0.590. The number of aromatic nitrogens is 10. The first-order valence-corrected chi connectivity index (χ1v) is 22.4. The fourth-order valence-corrected chi connectivity index (χ4v) is 8.97. The Balaban J connectivity index is 0.936. The molecule has 0 unspecified atom stereocenters. The van der Waals surface area contributed by atoms with Crippen molar-refractivity contribution in [1.82, 2.24) is 49.0 Å². The maximum absolute atomic E-state index is 5.54. The van der Waals surface area contributed by atoms with Crippen molar-refractivity contribution in [3.05, 3.63) is 218 Å². The summed E-state index contributed by atoms with van der Waals surface area (Å²) in [4.78, 5) is 40.7. The standard InChI is InChI=1S/C58H36N10/c1-5-17-37(18-6-1)51-60-52(38-19-7-2-8-20-38)63-55(62-51)41-29-33-43(34-30-41)67-47-27-15-13-25-45(47)49-57(67)66-58-50(59-49)46-26-14-16-28-48(46)68(58)44-35-31-42(32-36-44)56-64-53(39-21-9-3-10-22-39)61-54(65-56)40-23-11-4-12-24-40/h1-36H. The van der Waals surface area contributed by atoms with E-state index < -0.39 is 0 Å². The quantitative estimate of drug-likeness (QED) is 0.148. The average Bonchev–Trinajstić information content (AvgIpc) is 3.93. The highest BCUT2D eigenvalue weighted by Crippen LogP contribution is 2.37. The van der Waals surface area contributed by atoms with Gasteiger partial charge in [0.2, 0.25) is 0 Å². The van der Waals surface area contributed by atoms with Gasteiger partial charge in [-0.3, -0.25) is 9.13 Å². The zero-order chi connectivity index (χ0) is 45.0. The maximum atomic E-state index is 5.54. The molecule has 0 N–H and O–H groups in total. The summed E-state index contributed by atoms with van der Waals surface area (Å²) in [6.07, 6.45) is 0. The third-order valence-electron chi connectivity index (χ3n) is 12.2. The third-order valence-corrected chi connectivity index (χ3v) is 12.2. The summed E-state index contributed by atoms with van der Waals surface area (Å²) in [6, 6.07) is 73.5. The van der Waals surface area contributed by atoms with Gasteiger partial charge >= 0.3 is 0 Å². The summed E-state index contributed by atoms with van der Waals surface area (Å²) >= 11 is 0. The van der Waals surface area contributed by atoms with Crippen molar-refractivity contribution in [3.8, 4) is 79.7 Å². The van der Waals surface area contributed by atoms with Crippen LogP contribution < -0.4 is 0 Å². The van der Waals surface area contributed by atoms with E-state index >= 15 is 0 Å². The normalized spacial score (nSPS) is 11.5. The Bertz CT molecular complexity index is 3610. The van der Waals surface area contributed by atoms with Gasteiger partial charge in [0.1, 0.15) is 11.0 Å². The third kappa shape index (κ3) is 6.74. The van der Waals surface area contributed by atoms with Crippen LogP contribution in [0.1, 0.15) is 0 Å². The van der Waals surface area contributed by atoms with Crippen molar-refractivity contribution in [2.24, 2.45) is 0 Å². The number of nitrogens with zero attached hydrogens (tertiary/aromatic N) is 10. The Morgan fingerprint density at radius 1 is 0.221 bits per heavy atom. The van der Waals surface area contributed by atoms with Crippen molar-refractivity contribution in [3.63, 3.8) is 0 Å². The van der Waals surface area contributed by atoms with Gasteiger partial charge in [-0.15, -0.1) is 0 Å². The maximum Gasteiger partial charge on any atom is 0.166 e. The molecule has 68 heavy (non-hydrogen) atoms. The van der Waals surface area contributed by atoms with Crippen LogP contribution in [0.5, 0.6) is 0 Å². The molecule has 0 saturated carbocycles. The van der Waals surface area contributed by atoms with Crippen LogP contribution in [0.3, 0.4) is 0 Å². The lowest BCUT2D eigenvalue weighted by molar-refractivity contribution is 1.07. The molecule has 0 aliphatic heterocycles. The van der Waals surface area contributed by atoms with Crippen LogP contribution in [-0.2, 0) is 0 Å². The molecule has 0 aliphatic rings. The van der Waals surface area contributed by atoms with Gasteiger partial charge in [0.15, 0.2) is 46.2 Å². The summed E-state index contributed by atoms with van der Waals surface area (Å²) < 4.78 is 4.39. The molecule has 13 aromatic rings. The van der Waals surface area contributed by atoms with Crippen molar-refractivity contribution in [1.29, 1.82) is 0 Å². The summed E-state index contributed by atoms with van der Waals surface area (Å²) in [5.41, 5.74) is 12.4. The molecule has 5 heterocycles. The lowest BCUT2D eigenvalue weighted by Crippen LogP contribution is -2.01. The number of benzene rings is 8. The van der Waals surface area contributed by atoms with Crippen LogP contribution in [0.4, 0.5) is 0 Å². The molecule has 0 spiro atoms. The highest BCUT2D eigenvalue weighted by atomic mass is 15.1. The number of para-hydroxylation sites is 2. The van der Waals surface area contributed by atoms with Crippen molar-refractivity contribution in [2.75, 3.05) is 0 Å². The van der Waals surface area contributed by atoms with E-state index in [0.29, 0.717) is 34.9 Å². The van der Waals surface area contributed by atoms with Crippen LogP contribution in [0, 0.1) is 0 Å². The van der Waals surface area contributed by atoms with Crippen LogP contribution in [0.15, 0.2) is 218 Å². The molecule has 13 rings (SSSR count). The Hall–Kier alpha value is -9.54. The van der Waals surface area contributed by atoms with Crippen LogP contribution in [0.2, 0.25) is 0 Å². The van der Waals surface area contributed by atoms with E-state index in [1.165, 1.54) is 0 Å². The summed E-state index contributed by atoms with van der Waals surface area (Å²) in [5.74, 6) is 3.64. The highest BCUT2D eigenvalue weighted by Gasteiger charge is 2.22. The molecular weight excluding hydrogens is 837 g/mol. The van der Waals surface area contributed by atoms with Gasteiger partial charge in [-0.25, -0.2) is 39.9 Å².